The Morgan fingerprint density at radius 2 is 2.00 bits per heavy atom. The van der Waals surface area contributed by atoms with Crippen LogP contribution in [0, 0.1) is 0 Å². The highest BCUT2D eigenvalue weighted by atomic mass is 16.2. The predicted molar refractivity (Wildman–Crippen MR) is 77.9 cm³/mol. The highest BCUT2D eigenvalue weighted by Gasteiger charge is 2.43. The van der Waals surface area contributed by atoms with Crippen LogP contribution in [0.15, 0.2) is 24.4 Å². The highest BCUT2D eigenvalue weighted by molar-refractivity contribution is 6.05. The lowest BCUT2D eigenvalue weighted by molar-refractivity contribution is -0.139. The van der Waals surface area contributed by atoms with E-state index in [0.717, 1.165) is 10.6 Å². The summed E-state index contributed by atoms with van der Waals surface area (Å²) in [6, 6.07) is 4.70. The predicted octanol–water partition coefficient (Wildman–Crippen LogP) is 0.290. The van der Waals surface area contributed by atoms with Gasteiger partial charge >= 0.3 is 6.03 Å². The molecule has 7 nitrogen and oxygen atoms in total. The number of likely N-dealkylation sites (N-methyl/N-ethyl adjacent to an activating group) is 2. The quantitative estimate of drug-likeness (QED) is 0.752. The van der Waals surface area contributed by atoms with Crippen molar-refractivity contribution in [2.45, 2.75) is 18.4 Å². The molecule has 0 bridgehead atoms. The first-order valence-corrected chi connectivity index (χ1v) is 7.22. The molecule has 22 heavy (non-hydrogen) atoms. The van der Waals surface area contributed by atoms with E-state index in [1.54, 1.807) is 18.1 Å². The van der Waals surface area contributed by atoms with Crippen LogP contribution in [0.25, 0.3) is 0 Å². The molecule has 7 heteroatoms. The summed E-state index contributed by atoms with van der Waals surface area (Å²) >= 11 is 0. The number of nitrogens with zero attached hydrogens (tertiary/aromatic N) is 4. The molecule has 1 aromatic heterocycles. The van der Waals surface area contributed by atoms with Crippen LogP contribution in [0.1, 0.15) is 18.0 Å². The van der Waals surface area contributed by atoms with E-state index in [-0.39, 0.29) is 30.2 Å². The third kappa shape index (κ3) is 2.32. The second-order valence-electron chi connectivity index (χ2n) is 5.76. The molecule has 116 valence electrons. The van der Waals surface area contributed by atoms with Gasteiger partial charge in [-0.1, -0.05) is 6.07 Å². The maximum absolute atomic E-state index is 12.3. The van der Waals surface area contributed by atoms with Gasteiger partial charge in [0.25, 0.3) is 5.91 Å². The van der Waals surface area contributed by atoms with E-state index in [2.05, 4.69) is 4.98 Å². The zero-order chi connectivity index (χ0) is 15.9. The van der Waals surface area contributed by atoms with E-state index < -0.39 is 6.04 Å². The first kappa shape index (κ1) is 14.5. The van der Waals surface area contributed by atoms with E-state index in [1.165, 1.54) is 11.9 Å². The number of imide groups is 1. The van der Waals surface area contributed by atoms with Crippen LogP contribution in [-0.2, 0) is 9.59 Å². The Hall–Kier alpha value is -2.44. The number of amides is 4. The zero-order valence-corrected chi connectivity index (χ0v) is 12.6. The summed E-state index contributed by atoms with van der Waals surface area (Å²) in [5, 5.41) is 0. The van der Waals surface area contributed by atoms with Gasteiger partial charge in [-0.15, -0.1) is 0 Å². The third-order valence-corrected chi connectivity index (χ3v) is 4.38. The minimum atomic E-state index is -0.682. The first-order valence-electron chi connectivity index (χ1n) is 7.22. The third-order valence-electron chi connectivity index (χ3n) is 4.38. The minimum absolute atomic E-state index is 0.0420. The fourth-order valence-electron chi connectivity index (χ4n) is 2.86. The summed E-state index contributed by atoms with van der Waals surface area (Å²) in [5.74, 6) is -0.158. The Morgan fingerprint density at radius 1 is 1.27 bits per heavy atom. The molecular formula is C15H18N4O3. The average molecular weight is 302 g/mol. The van der Waals surface area contributed by atoms with Crippen molar-refractivity contribution in [3.8, 4) is 0 Å². The van der Waals surface area contributed by atoms with Crippen molar-refractivity contribution in [2.24, 2.45) is 0 Å². The molecule has 0 radical (unpaired) electrons. The molecular weight excluding hydrogens is 284 g/mol. The molecule has 2 fully saturated rings. The smallest absolute Gasteiger partial charge is 0.326 e. The topological polar surface area (TPSA) is 73.8 Å². The zero-order valence-electron chi connectivity index (χ0n) is 12.6. The number of hydrogen-bond acceptors (Lipinski definition) is 4. The summed E-state index contributed by atoms with van der Waals surface area (Å²) < 4.78 is 0. The molecule has 0 unspecified atom stereocenters. The van der Waals surface area contributed by atoms with Gasteiger partial charge in [0.05, 0.1) is 6.42 Å². The number of hydrogen-bond donors (Lipinski definition) is 0. The Balaban J connectivity index is 1.56. The Labute approximate surface area is 128 Å². The fourth-order valence-corrected chi connectivity index (χ4v) is 2.86. The van der Waals surface area contributed by atoms with Crippen molar-refractivity contribution in [3.05, 3.63) is 30.1 Å². The van der Waals surface area contributed by atoms with E-state index in [4.69, 9.17) is 0 Å². The molecule has 0 saturated carbocycles. The molecule has 1 aromatic rings. The number of urea groups is 1. The molecule has 3 heterocycles. The van der Waals surface area contributed by atoms with Gasteiger partial charge in [0, 0.05) is 45.0 Å². The molecule has 0 spiro atoms. The van der Waals surface area contributed by atoms with Gasteiger partial charge in [-0.25, -0.2) is 4.79 Å². The summed E-state index contributed by atoms with van der Waals surface area (Å²) in [6.45, 7) is 1.23. The van der Waals surface area contributed by atoms with Crippen molar-refractivity contribution in [3.63, 3.8) is 0 Å². The lowest BCUT2D eigenvalue weighted by atomic mass is 9.95. The molecule has 0 aliphatic carbocycles. The second-order valence-corrected chi connectivity index (χ2v) is 5.76. The molecule has 1 atom stereocenters. The van der Waals surface area contributed by atoms with E-state index >= 15 is 0 Å². The number of aromatic nitrogens is 1. The number of carbonyl (C=O) groups excluding carboxylic acids is 3. The van der Waals surface area contributed by atoms with Gasteiger partial charge in [0.1, 0.15) is 6.04 Å². The molecule has 2 saturated heterocycles. The van der Waals surface area contributed by atoms with Crippen LogP contribution in [0.5, 0.6) is 0 Å². The second kappa shape index (κ2) is 5.40. The van der Waals surface area contributed by atoms with Crippen molar-refractivity contribution < 1.29 is 14.4 Å². The molecule has 2 aliphatic heterocycles. The fraction of sp³-hybridized carbons (Fsp3) is 0.467. The van der Waals surface area contributed by atoms with E-state index in [1.807, 2.05) is 18.2 Å². The molecule has 0 N–H and O–H groups in total. The number of likely N-dealkylation sites (tertiary alicyclic amines) is 1. The average Bonchev–Trinajstić information content (AvgIpc) is 2.65. The van der Waals surface area contributed by atoms with Gasteiger partial charge in [-0.2, -0.15) is 0 Å². The SMILES string of the molecule is CN1C(=O)[C@H](CC(=O)N2CC(c3ccccn3)C2)N(C)C1=O. The standard InChI is InChI=1S/C15H18N4O3/c1-17-12(14(21)18(2)15(17)22)7-13(20)19-8-10(9-19)11-5-3-4-6-16-11/h3-6,10,12H,7-9H2,1-2H3/t12-/m0/s1. The molecule has 4 amide bonds. The summed E-state index contributed by atoms with van der Waals surface area (Å²) in [5.41, 5.74) is 0.982. The van der Waals surface area contributed by atoms with Crippen LogP contribution in [0.4, 0.5) is 4.79 Å². The monoisotopic (exact) mass is 302 g/mol. The maximum Gasteiger partial charge on any atom is 0.326 e. The van der Waals surface area contributed by atoms with Gasteiger partial charge in [0.2, 0.25) is 5.91 Å². The van der Waals surface area contributed by atoms with Crippen LogP contribution in [0.2, 0.25) is 0 Å². The normalized spacial score (nSPS) is 22.3. The van der Waals surface area contributed by atoms with Crippen molar-refractivity contribution in [1.29, 1.82) is 0 Å². The van der Waals surface area contributed by atoms with Crippen LogP contribution < -0.4 is 0 Å². The molecule has 3 rings (SSSR count). The largest absolute Gasteiger partial charge is 0.341 e. The van der Waals surface area contributed by atoms with Crippen LogP contribution in [0.3, 0.4) is 0 Å². The summed E-state index contributed by atoms with van der Waals surface area (Å²) in [4.78, 5) is 44.3. The minimum Gasteiger partial charge on any atom is -0.341 e. The Morgan fingerprint density at radius 3 is 2.55 bits per heavy atom. The number of carbonyl (C=O) groups is 3. The van der Waals surface area contributed by atoms with Crippen LogP contribution in [-0.4, -0.2) is 70.8 Å². The molecule has 0 aromatic carbocycles. The van der Waals surface area contributed by atoms with Gasteiger partial charge in [0.15, 0.2) is 0 Å². The Bertz CT molecular complexity index is 612. The van der Waals surface area contributed by atoms with Crippen molar-refractivity contribution in [2.75, 3.05) is 27.2 Å². The number of rotatable bonds is 3. The number of pyridine rings is 1. The van der Waals surface area contributed by atoms with Crippen molar-refractivity contribution in [1.82, 2.24) is 19.7 Å². The van der Waals surface area contributed by atoms with Crippen molar-refractivity contribution >= 4 is 17.8 Å². The summed E-state index contributed by atoms with van der Waals surface area (Å²) in [7, 11) is 2.99. The summed E-state index contributed by atoms with van der Waals surface area (Å²) in [6.07, 6.45) is 1.79. The van der Waals surface area contributed by atoms with Gasteiger partial charge in [-0.3, -0.25) is 19.5 Å². The lowest BCUT2D eigenvalue weighted by Gasteiger charge is -2.39. The van der Waals surface area contributed by atoms with Gasteiger partial charge < -0.3 is 9.80 Å². The lowest BCUT2D eigenvalue weighted by Crippen LogP contribution is -2.50. The van der Waals surface area contributed by atoms with E-state index in [9.17, 15) is 14.4 Å². The maximum atomic E-state index is 12.3. The molecule has 2 aliphatic rings. The highest BCUT2D eigenvalue weighted by Crippen LogP contribution is 2.27. The van der Waals surface area contributed by atoms with Gasteiger partial charge in [-0.05, 0) is 12.1 Å². The first-order chi connectivity index (χ1) is 10.5. The Kier molecular flexibility index (Phi) is 3.56. The van der Waals surface area contributed by atoms with E-state index in [0.29, 0.717) is 13.1 Å². The van der Waals surface area contributed by atoms with Crippen LogP contribution >= 0.6 is 0 Å².